The van der Waals surface area contributed by atoms with E-state index < -0.39 is 5.97 Å². The van der Waals surface area contributed by atoms with E-state index in [0.29, 0.717) is 0 Å². The van der Waals surface area contributed by atoms with Crippen LogP contribution in [0.3, 0.4) is 0 Å². The van der Waals surface area contributed by atoms with Gasteiger partial charge >= 0.3 is 5.97 Å². The second kappa shape index (κ2) is 3.89. The third-order valence-electron chi connectivity index (χ3n) is 3.87. The van der Waals surface area contributed by atoms with E-state index in [1.54, 1.807) is 0 Å². The third-order valence-corrected chi connectivity index (χ3v) is 3.87. The molecule has 2 rings (SSSR count). The van der Waals surface area contributed by atoms with Crippen molar-refractivity contribution in [1.29, 1.82) is 0 Å². The first-order chi connectivity index (χ1) is 6.73. The molecule has 3 heteroatoms. The molecule has 0 unspecified atom stereocenters. The zero-order valence-corrected chi connectivity index (χ0v) is 8.67. The van der Waals surface area contributed by atoms with Crippen LogP contribution in [0.1, 0.15) is 38.5 Å². The van der Waals surface area contributed by atoms with Crippen LogP contribution < -0.4 is 0 Å². The predicted molar refractivity (Wildman–Crippen MR) is 54.2 cm³/mol. The minimum atomic E-state index is -0.567. The first kappa shape index (κ1) is 9.97. The summed E-state index contributed by atoms with van der Waals surface area (Å²) in [5.41, 5.74) is -0.345. The molecule has 1 saturated carbocycles. The van der Waals surface area contributed by atoms with E-state index in [4.69, 9.17) is 5.11 Å². The number of carbonyl (C=O) groups is 1. The maximum Gasteiger partial charge on any atom is 0.309 e. The number of likely N-dealkylation sites (tertiary alicyclic amines) is 1. The Morgan fingerprint density at radius 2 is 1.86 bits per heavy atom. The van der Waals surface area contributed by atoms with Crippen LogP contribution in [0.2, 0.25) is 0 Å². The second-order valence-corrected chi connectivity index (χ2v) is 4.74. The zero-order chi connectivity index (χ0) is 10.0. The Labute approximate surface area is 85.1 Å². The molecule has 3 nitrogen and oxygen atoms in total. The molecule has 1 saturated heterocycles. The fraction of sp³-hybridized carbons (Fsp3) is 0.909. The largest absolute Gasteiger partial charge is 0.481 e. The van der Waals surface area contributed by atoms with Crippen molar-refractivity contribution in [3.8, 4) is 0 Å². The Kier molecular flexibility index (Phi) is 2.77. The molecule has 0 aromatic carbocycles. The van der Waals surface area contributed by atoms with Gasteiger partial charge in [0.15, 0.2) is 0 Å². The Hall–Kier alpha value is -0.570. The highest BCUT2D eigenvalue weighted by Crippen LogP contribution is 2.44. The number of carboxylic acid groups (broad SMARTS) is 1. The summed E-state index contributed by atoms with van der Waals surface area (Å²) in [5.74, 6) is -0.567. The number of hydrogen-bond donors (Lipinski definition) is 1. The van der Waals surface area contributed by atoms with Crippen molar-refractivity contribution in [2.45, 2.75) is 38.5 Å². The summed E-state index contributed by atoms with van der Waals surface area (Å²) in [7, 11) is 0. The van der Waals surface area contributed by atoms with Gasteiger partial charge in [0, 0.05) is 0 Å². The molecule has 0 amide bonds. The minimum Gasteiger partial charge on any atom is -0.481 e. The van der Waals surface area contributed by atoms with Gasteiger partial charge in [-0.25, -0.2) is 0 Å². The fourth-order valence-corrected chi connectivity index (χ4v) is 2.55. The molecular formula is C11H19NO2. The predicted octanol–water partition coefficient (Wildman–Crippen LogP) is 1.73. The van der Waals surface area contributed by atoms with Gasteiger partial charge in [0.1, 0.15) is 0 Å². The van der Waals surface area contributed by atoms with Crippen molar-refractivity contribution in [3.63, 3.8) is 0 Å². The number of nitrogens with zero attached hydrogens (tertiary/aromatic N) is 1. The summed E-state index contributed by atoms with van der Waals surface area (Å²) in [5, 5.41) is 9.14. The van der Waals surface area contributed by atoms with Gasteiger partial charge in [-0.15, -0.1) is 0 Å². The Balaban J connectivity index is 1.80. The van der Waals surface area contributed by atoms with E-state index in [2.05, 4.69) is 4.90 Å². The molecule has 1 aliphatic heterocycles. The molecule has 14 heavy (non-hydrogen) atoms. The van der Waals surface area contributed by atoms with Crippen LogP contribution in [0.25, 0.3) is 0 Å². The number of aliphatic carboxylic acids is 1. The van der Waals surface area contributed by atoms with Crippen LogP contribution >= 0.6 is 0 Å². The third kappa shape index (κ3) is 1.78. The van der Waals surface area contributed by atoms with Gasteiger partial charge in [-0.1, -0.05) is 6.42 Å². The van der Waals surface area contributed by atoms with E-state index in [1.165, 1.54) is 25.9 Å². The Bertz CT molecular complexity index is 217. The molecule has 1 aliphatic carbocycles. The summed E-state index contributed by atoms with van der Waals surface area (Å²) in [6.07, 6.45) is 6.35. The number of carboxylic acids is 1. The zero-order valence-electron chi connectivity index (χ0n) is 8.67. The van der Waals surface area contributed by atoms with Crippen LogP contribution in [0.4, 0.5) is 0 Å². The van der Waals surface area contributed by atoms with E-state index in [-0.39, 0.29) is 5.41 Å². The van der Waals surface area contributed by atoms with Gasteiger partial charge < -0.3 is 10.0 Å². The van der Waals surface area contributed by atoms with Crippen molar-refractivity contribution >= 4 is 5.97 Å². The van der Waals surface area contributed by atoms with Gasteiger partial charge in [-0.2, -0.15) is 0 Å². The highest BCUT2D eigenvalue weighted by molar-refractivity contribution is 5.75. The van der Waals surface area contributed by atoms with Gasteiger partial charge in [-0.3, -0.25) is 4.79 Å². The second-order valence-electron chi connectivity index (χ2n) is 4.74. The standard InChI is InChI=1S/C11H19NO2/c13-10(14)11(4-3-5-11)6-9-12-7-1-2-8-12/h1-9H2,(H,13,14). The minimum absolute atomic E-state index is 0.345. The maximum absolute atomic E-state index is 11.1. The molecule has 2 aliphatic rings. The molecule has 0 spiro atoms. The lowest BCUT2D eigenvalue weighted by atomic mass is 9.66. The smallest absolute Gasteiger partial charge is 0.309 e. The maximum atomic E-state index is 11.1. The highest BCUT2D eigenvalue weighted by Gasteiger charge is 2.44. The molecule has 0 bridgehead atoms. The van der Waals surface area contributed by atoms with Crippen molar-refractivity contribution in [2.24, 2.45) is 5.41 Å². The van der Waals surface area contributed by atoms with Gasteiger partial charge in [0.25, 0.3) is 0 Å². The summed E-state index contributed by atoms with van der Waals surface area (Å²) < 4.78 is 0. The van der Waals surface area contributed by atoms with Crippen molar-refractivity contribution < 1.29 is 9.90 Å². The first-order valence-electron chi connectivity index (χ1n) is 5.69. The first-order valence-corrected chi connectivity index (χ1v) is 5.69. The van der Waals surface area contributed by atoms with E-state index in [0.717, 1.165) is 32.2 Å². The van der Waals surface area contributed by atoms with E-state index in [9.17, 15) is 4.79 Å². The van der Waals surface area contributed by atoms with E-state index >= 15 is 0 Å². The monoisotopic (exact) mass is 197 g/mol. The van der Waals surface area contributed by atoms with E-state index in [1.807, 2.05) is 0 Å². The summed E-state index contributed by atoms with van der Waals surface area (Å²) in [6.45, 7) is 3.34. The number of hydrogen-bond acceptors (Lipinski definition) is 2. The normalized spacial score (nSPS) is 26.0. The topological polar surface area (TPSA) is 40.5 Å². The van der Waals surface area contributed by atoms with Gasteiger partial charge in [0.2, 0.25) is 0 Å². The van der Waals surface area contributed by atoms with Crippen molar-refractivity contribution in [2.75, 3.05) is 19.6 Å². The quantitative estimate of drug-likeness (QED) is 0.746. The summed E-state index contributed by atoms with van der Waals surface area (Å²) in [6, 6.07) is 0. The van der Waals surface area contributed by atoms with Crippen LogP contribution in [0.15, 0.2) is 0 Å². The molecule has 0 radical (unpaired) electrons. The molecule has 1 N–H and O–H groups in total. The summed E-state index contributed by atoms with van der Waals surface area (Å²) >= 11 is 0. The molecule has 2 fully saturated rings. The van der Waals surface area contributed by atoms with Crippen LogP contribution in [-0.4, -0.2) is 35.6 Å². The Morgan fingerprint density at radius 3 is 2.29 bits per heavy atom. The molecule has 80 valence electrons. The molecule has 0 aromatic rings. The lowest BCUT2D eigenvalue weighted by molar-refractivity contribution is -0.155. The average Bonchev–Trinajstić information content (AvgIpc) is 2.53. The van der Waals surface area contributed by atoms with Crippen molar-refractivity contribution in [3.05, 3.63) is 0 Å². The van der Waals surface area contributed by atoms with Crippen LogP contribution in [0.5, 0.6) is 0 Å². The average molecular weight is 197 g/mol. The molecule has 0 atom stereocenters. The lowest BCUT2D eigenvalue weighted by Gasteiger charge is -2.38. The molecule has 1 heterocycles. The highest BCUT2D eigenvalue weighted by atomic mass is 16.4. The van der Waals surface area contributed by atoms with Crippen LogP contribution in [-0.2, 0) is 4.79 Å². The SMILES string of the molecule is O=C(O)C1(CCN2CCCC2)CCC1. The number of rotatable bonds is 4. The lowest BCUT2D eigenvalue weighted by Crippen LogP contribution is -2.40. The Morgan fingerprint density at radius 1 is 1.21 bits per heavy atom. The molecule has 0 aromatic heterocycles. The van der Waals surface area contributed by atoms with Gasteiger partial charge in [-0.05, 0) is 51.7 Å². The van der Waals surface area contributed by atoms with Crippen molar-refractivity contribution in [1.82, 2.24) is 4.90 Å². The summed E-state index contributed by atoms with van der Waals surface area (Å²) in [4.78, 5) is 13.5. The van der Waals surface area contributed by atoms with Gasteiger partial charge in [0.05, 0.1) is 5.41 Å². The molecular weight excluding hydrogens is 178 g/mol. The fourth-order valence-electron chi connectivity index (χ4n) is 2.55. The van der Waals surface area contributed by atoms with Crippen LogP contribution in [0, 0.1) is 5.41 Å².